The van der Waals surface area contributed by atoms with Crippen LogP contribution in [0.25, 0.3) is 27.1 Å². The molecule has 0 radical (unpaired) electrons. The molecule has 8 rings (SSSR count). The monoisotopic (exact) mass is 680 g/mol. The predicted molar refractivity (Wildman–Crippen MR) is 222 cm³/mol. The van der Waals surface area contributed by atoms with Crippen LogP contribution in [0.3, 0.4) is 0 Å². The average Bonchev–Trinajstić information content (AvgIpc) is 3.24. The Balaban J connectivity index is 1.16. The second kappa shape index (κ2) is 14.6. The van der Waals surface area contributed by atoms with Crippen LogP contribution in [0.15, 0.2) is 218 Å². The highest BCUT2D eigenvalue weighted by molar-refractivity contribution is 7.19. The van der Waals surface area contributed by atoms with Crippen LogP contribution in [0.4, 0.5) is 22.7 Å². The van der Waals surface area contributed by atoms with Gasteiger partial charge >= 0.3 is 0 Å². The molecule has 0 N–H and O–H groups in total. The Kier molecular flexibility index (Phi) is 9.13. The van der Waals surface area contributed by atoms with Crippen molar-refractivity contribution < 1.29 is 0 Å². The fraction of sp³-hybridized carbons (Fsp3) is 0. The maximum atomic E-state index is 7.45. The lowest BCUT2D eigenvalue weighted by atomic mass is 10.0. The lowest BCUT2D eigenvalue weighted by Gasteiger charge is -2.34. The summed E-state index contributed by atoms with van der Waals surface area (Å²) in [6.45, 7) is 7.45. The molecular formula is C49H36N2Si. The molecule has 0 fully saturated rings. The average molecular weight is 681 g/mol. The van der Waals surface area contributed by atoms with Gasteiger partial charge in [0.05, 0.1) is 6.57 Å². The van der Waals surface area contributed by atoms with E-state index in [9.17, 15) is 0 Å². The van der Waals surface area contributed by atoms with Crippen molar-refractivity contribution in [3.63, 3.8) is 0 Å². The highest BCUT2D eigenvalue weighted by atomic mass is 28.3. The van der Waals surface area contributed by atoms with Crippen LogP contribution in [-0.2, 0) is 0 Å². The number of hydrogen-bond acceptors (Lipinski definition) is 1. The molecule has 8 aromatic carbocycles. The summed E-state index contributed by atoms with van der Waals surface area (Å²) in [6.07, 6.45) is 0. The van der Waals surface area contributed by atoms with Crippen LogP contribution in [0.2, 0.25) is 0 Å². The minimum atomic E-state index is -2.58. The Bertz CT molecular complexity index is 2310. The lowest BCUT2D eigenvalue weighted by Crippen LogP contribution is -2.74. The first-order valence-corrected chi connectivity index (χ1v) is 19.5. The zero-order valence-corrected chi connectivity index (χ0v) is 29.7. The van der Waals surface area contributed by atoms with E-state index in [-0.39, 0.29) is 0 Å². The van der Waals surface area contributed by atoms with Crippen molar-refractivity contribution in [3.05, 3.63) is 230 Å². The molecule has 0 aliphatic heterocycles. The van der Waals surface area contributed by atoms with Gasteiger partial charge in [-0.25, -0.2) is 4.85 Å². The first-order valence-electron chi connectivity index (χ1n) is 17.5. The molecular weight excluding hydrogens is 645 g/mol. The van der Waals surface area contributed by atoms with E-state index in [2.05, 4.69) is 198 Å². The first-order chi connectivity index (χ1) is 25.7. The minimum Gasteiger partial charge on any atom is -0.311 e. The Morgan fingerprint density at radius 1 is 0.308 bits per heavy atom. The van der Waals surface area contributed by atoms with E-state index < -0.39 is 8.07 Å². The van der Waals surface area contributed by atoms with E-state index in [4.69, 9.17) is 6.57 Å². The maximum absolute atomic E-state index is 7.45. The molecule has 0 heterocycles. The quantitative estimate of drug-likeness (QED) is 0.0837. The van der Waals surface area contributed by atoms with Gasteiger partial charge in [0, 0.05) is 17.1 Å². The summed E-state index contributed by atoms with van der Waals surface area (Å²) in [7, 11) is -2.58. The van der Waals surface area contributed by atoms with Crippen molar-refractivity contribution in [3.8, 4) is 22.3 Å². The van der Waals surface area contributed by atoms with Crippen molar-refractivity contribution in [2.24, 2.45) is 0 Å². The van der Waals surface area contributed by atoms with Crippen LogP contribution in [-0.4, -0.2) is 8.07 Å². The number of benzene rings is 8. The van der Waals surface area contributed by atoms with Crippen LogP contribution in [0, 0.1) is 6.57 Å². The van der Waals surface area contributed by atoms with Crippen LogP contribution < -0.4 is 25.6 Å². The van der Waals surface area contributed by atoms with Crippen LogP contribution in [0.5, 0.6) is 0 Å². The molecule has 0 bridgehead atoms. The van der Waals surface area contributed by atoms with Gasteiger partial charge in [-0.15, -0.1) is 0 Å². The fourth-order valence-corrected chi connectivity index (χ4v) is 12.1. The summed E-state index contributed by atoms with van der Waals surface area (Å²) in [4.78, 5) is 5.86. The Labute approximate surface area is 307 Å². The molecule has 0 aliphatic rings. The van der Waals surface area contributed by atoms with Gasteiger partial charge in [-0.3, -0.25) is 0 Å². The van der Waals surface area contributed by atoms with E-state index in [0.29, 0.717) is 5.69 Å². The number of rotatable bonds is 9. The molecule has 0 unspecified atom stereocenters. The lowest BCUT2D eigenvalue weighted by molar-refractivity contribution is 1.28. The highest BCUT2D eigenvalue weighted by Crippen LogP contribution is 2.37. The zero-order valence-electron chi connectivity index (χ0n) is 28.7. The Morgan fingerprint density at radius 2 is 0.596 bits per heavy atom. The van der Waals surface area contributed by atoms with Gasteiger partial charge < -0.3 is 4.90 Å². The molecule has 0 aliphatic carbocycles. The molecule has 0 atom stereocenters. The SMILES string of the molecule is [C-]#[N+]c1ccc(N(c2ccc(-c3ccccc3)cc2)c2ccc(-c3ccc([Si](c4ccccc4)(c4ccccc4)c4ccccc4)cc3)cc2)cc1. The summed E-state index contributed by atoms with van der Waals surface area (Å²) >= 11 is 0. The number of hydrogen-bond donors (Lipinski definition) is 0. The van der Waals surface area contributed by atoms with Gasteiger partial charge in [0.2, 0.25) is 0 Å². The summed E-state index contributed by atoms with van der Waals surface area (Å²) in [5, 5.41) is 5.45. The maximum Gasteiger partial charge on any atom is 0.187 e. The first kappa shape index (κ1) is 32.5. The molecule has 8 aromatic rings. The molecule has 0 aromatic heterocycles. The topological polar surface area (TPSA) is 7.60 Å². The molecule has 246 valence electrons. The summed E-state index contributed by atoms with van der Waals surface area (Å²) in [6, 6.07) is 78.1. The molecule has 52 heavy (non-hydrogen) atoms. The smallest absolute Gasteiger partial charge is 0.187 e. The second-order valence-electron chi connectivity index (χ2n) is 12.8. The Hall–Kier alpha value is -6.73. The van der Waals surface area contributed by atoms with Gasteiger partial charge in [0.25, 0.3) is 0 Å². The molecule has 0 saturated carbocycles. The van der Waals surface area contributed by atoms with Gasteiger partial charge in [-0.2, -0.15) is 0 Å². The van der Waals surface area contributed by atoms with Gasteiger partial charge in [-0.1, -0.05) is 182 Å². The predicted octanol–water partition coefficient (Wildman–Crippen LogP) is 10.4. The largest absolute Gasteiger partial charge is 0.311 e. The highest BCUT2D eigenvalue weighted by Gasteiger charge is 2.41. The molecule has 2 nitrogen and oxygen atoms in total. The summed E-state index contributed by atoms with van der Waals surface area (Å²) in [5.41, 5.74) is 8.42. The molecule has 0 saturated heterocycles. The van der Waals surface area contributed by atoms with Crippen molar-refractivity contribution in [1.29, 1.82) is 0 Å². The molecule has 0 spiro atoms. The van der Waals surface area contributed by atoms with Gasteiger partial charge in [0.1, 0.15) is 0 Å². The second-order valence-corrected chi connectivity index (χ2v) is 16.7. The molecule has 3 heteroatoms. The van der Waals surface area contributed by atoms with Crippen molar-refractivity contribution in [2.45, 2.75) is 0 Å². The fourth-order valence-electron chi connectivity index (χ4n) is 7.34. The third-order valence-electron chi connectivity index (χ3n) is 9.87. The van der Waals surface area contributed by atoms with Crippen LogP contribution in [0.1, 0.15) is 0 Å². The van der Waals surface area contributed by atoms with E-state index >= 15 is 0 Å². The van der Waals surface area contributed by atoms with Gasteiger partial charge in [0.15, 0.2) is 13.8 Å². The third-order valence-corrected chi connectivity index (χ3v) is 14.7. The van der Waals surface area contributed by atoms with Gasteiger partial charge in [-0.05, 0) is 79.4 Å². The zero-order chi connectivity index (χ0) is 35.2. The van der Waals surface area contributed by atoms with Crippen molar-refractivity contribution >= 4 is 51.6 Å². The summed E-state index contributed by atoms with van der Waals surface area (Å²) in [5.74, 6) is 0. The summed E-state index contributed by atoms with van der Waals surface area (Å²) < 4.78 is 0. The van der Waals surface area contributed by atoms with E-state index in [1.165, 1.54) is 37.4 Å². The number of anilines is 3. The van der Waals surface area contributed by atoms with Crippen LogP contribution >= 0.6 is 0 Å². The van der Waals surface area contributed by atoms with E-state index in [0.717, 1.165) is 22.6 Å². The number of nitrogens with zero attached hydrogens (tertiary/aromatic N) is 2. The van der Waals surface area contributed by atoms with Crippen molar-refractivity contribution in [2.75, 3.05) is 4.90 Å². The standard InChI is InChI=1S/C49H36N2Si/c1-50-42-28-34-45(35-29-42)51(43-30-22-39(23-31-43)38-14-6-2-7-15-38)44-32-24-40(25-33-44)41-26-36-49(37-27-41)52(46-16-8-3-9-17-46,47-18-10-4-11-19-47)48-20-12-5-13-21-48/h2-37H. The molecule has 0 amide bonds. The van der Waals surface area contributed by atoms with E-state index in [1.807, 2.05) is 30.3 Å². The van der Waals surface area contributed by atoms with E-state index in [1.54, 1.807) is 0 Å². The van der Waals surface area contributed by atoms with Crippen molar-refractivity contribution in [1.82, 2.24) is 0 Å². The third kappa shape index (κ3) is 6.24. The Morgan fingerprint density at radius 3 is 0.962 bits per heavy atom. The normalized spacial score (nSPS) is 11.1. The minimum absolute atomic E-state index is 0.626.